The number of carbonyl (C=O) groups excluding carboxylic acids is 1. The molecule has 2 aliphatic rings. The lowest BCUT2D eigenvalue weighted by Gasteiger charge is -2.34. The first kappa shape index (κ1) is 11.9. The van der Waals surface area contributed by atoms with Crippen LogP contribution in [-0.2, 0) is 9.53 Å². The van der Waals surface area contributed by atoms with E-state index >= 15 is 0 Å². The van der Waals surface area contributed by atoms with Gasteiger partial charge in [-0.2, -0.15) is 0 Å². The van der Waals surface area contributed by atoms with Crippen LogP contribution in [0.1, 0.15) is 26.2 Å². The van der Waals surface area contributed by atoms with Gasteiger partial charge in [-0.05, 0) is 32.7 Å². The third-order valence-corrected chi connectivity index (χ3v) is 3.50. The Kier molecular flexibility index (Phi) is 4.18. The van der Waals surface area contributed by atoms with Crippen LogP contribution in [0, 0.1) is 5.92 Å². The van der Waals surface area contributed by atoms with E-state index in [1.54, 1.807) is 0 Å². The minimum atomic E-state index is 0.209. The first-order valence-electron chi connectivity index (χ1n) is 6.42. The number of carbonyl (C=O) groups is 1. The molecule has 16 heavy (non-hydrogen) atoms. The summed E-state index contributed by atoms with van der Waals surface area (Å²) in [4.78, 5) is 14.2. The number of nitrogens with zero attached hydrogens (tertiary/aromatic N) is 1. The molecule has 0 aromatic rings. The molecule has 0 saturated carbocycles. The summed E-state index contributed by atoms with van der Waals surface area (Å²) in [5.74, 6) is 0.537. The van der Waals surface area contributed by atoms with Crippen LogP contribution in [0.15, 0.2) is 0 Å². The van der Waals surface area contributed by atoms with Crippen molar-refractivity contribution < 1.29 is 9.53 Å². The molecule has 2 saturated heterocycles. The molecule has 4 heteroatoms. The predicted octanol–water partition coefficient (Wildman–Crippen LogP) is 0.623. The van der Waals surface area contributed by atoms with Gasteiger partial charge in [0.25, 0.3) is 0 Å². The number of hydrogen-bond acceptors (Lipinski definition) is 3. The summed E-state index contributed by atoms with van der Waals surface area (Å²) >= 11 is 0. The second-order valence-electron chi connectivity index (χ2n) is 4.69. The lowest BCUT2D eigenvalue weighted by molar-refractivity contribution is -0.139. The van der Waals surface area contributed by atoms with Crippen LogP contribution in [0.4, 0.5) is 0 Å². The highest BCUT2D eigenvalue weighted by Gasteiger charge is 2.30. The summed E-state index contributed by atoms with van der Waals surface area (Å²) in [5, 5.41) is 3.25. The van der Waals surface area contributed by atoms with E-state index in [2.05, 4.69) is 5.32 Å². The molecule has 0 aromatic heterocycles. The Balaban J connectivity index is 1.85. The first-order chi connectivity index (χ1) is 7.81. The largest absolute Gasteiger partial charge is 0.377 e. The van der Waals surface area contributed by atoms with Crippen LogP contribution in [0.5, 0.6) is 0 Å². The van der Waals surface area contributed by atoms with Crippen LogP contribution in [0.2, 0.25) is 0 Å². The Hall–Kier alpha value is -0.610. The maximum Gasteiger partial charge on any atom is 0.227 e. The highest BCUT2D eigenvalue weighted by Crippen LogP contribution is 2.18. The molecule has 2 atom stereocenters. The third-order valence-electron chi connectivity index (χ3n) is 3.50. The first-order valence-corrected chi connectivity index (χ1v) is 6.42. The van der Waals surface area contributed by atoms with Gasteiger partial charge in [-0.25, -0.2) is 0 Å². The molecule has 0 spiro atoms. The molecule has 2 aliphatic heterocycles. The summed E-state index contributed by atoms with van der Waals surface area (Å²) < 4.78 is 5.62. The van der Waals surface area contributed by atoms with Gasteiger partial charge in [0, 0.05) is 26.2 Å². The average Bonchev–Trinajstić information content (AvgIpc) is 2.82. The van der Waals surface area contributed by atoms with E-state index in [-0.39, 0.29) is 12.0 Å². The predicted molar refractivity (Wildman–Crippen MR) is 62.2 cm³/mol. The van der Waals surface area contributed by atoms with Crippen LogP contribution in [-0.4, -0.2) is 49.7 Å². The monoisotopic (exact) mass is 226 g/mol. The Bertz CT molecular complexity index is 237. The van der Waals surface area contributed by atoms with E-state index < -0.39 is 0 Å². The zero-order chi connectivity index (χ0) is 11.4. The third kappa shape index (κ3) is 2.74. The summed E-state index contributed by atoms with van der Waals surface area (Å²) in [6.07, 6.45) is 3.43. The Labute approximate surface area is 97.3 Å². The lowest BCUT2D eigenvalue weighted by Crippen LogP contribution is -2.46. The lowest BCUT2D eigenvalue weighted by atomic mass is 10.0. The summed E-state index contributed by atoms with van der Waals surface area (Å²) in [6.45, 7) is 6.31. The molecule has 2 fully saturated rings. The average molecular weight is 226 g/mol. The standard InChI is InChI=1S/C12H22N2O2/c1-2-16-11-4-3-7-14(9-11)12(15)10-5-6-13-8-10/h10-11,13H,2-9H2,1H3/t10-,11+/m0/s1. The fourth-order valence-electron chi connectivity index (χ4n) is 2.63. The van der Waals surface area contributed by atoms with Gasteiger partial charge < -0.3 is 15.0 Å². The van der Waals surface area contributed by atoms with E-state index in [1.807, 2.05) is 11.8 Å². The van der Waals surface area contributed by atoms with Crippen molar-refractivity contribution >= 4 is 5.91 Å². The van der Waals surface area contributed by atoms with Gasteiger partial charge in [0.1, 0.15) is 0 Å². The van der Waals surface area contributed by atoms with Crippen molar-refractivity contribution in [1.82, 2.24) is 10.2 Å². The summed E-state index contributed by atoms with van der Waals surface area (Å²) in [7, 11) is 0. The number of amides is 1. The minimum absolute atomic E-state index is 0.209. The SMILES string of the molecule is CCO[C@@H]1CCCN(C(=O)[C@H]2CCNC2)C1. The van der Waals surface area contributed by atoms with E-state index in [0.29, 0.717) is 5.91 Å². The molecule has 0 aromatic carbocycles. The van der Waals surface area contributed by atoms with Crippen LogP contribution in [0.25, 0.3) is 0 Å². The Morgan fingerprint density at radius 3 is 3.06 bits per heavy atom. The van der Waals surface area contributed by atoms with Crippen molar-refractivity contribution in [3.8, 4) is 0 Å². The van der Waals surface area contributed by atoms with E-state index in [4.69, 9.17) is 4.74 Å². The van der Waals surface area contributed by atoms with Gasteiger partial charge in [0.15, 0.2) is 0 Å². The molecule has 0 unspecified atom stereocenters. The number of likely N-dealkylation sites (tertiary alicyclic amines) is 1. The van der Waals surface area contributed by atoms with Gasteiger partial charge >= 0.3 is 0 Å². The van der Waals surface area contributed by atoms with Crippen LogP contribution < -0.4 is 5.32 Å². The van der Waals surface area contributed by atoms with Gasteiger partial charge in [0.2, 0.25) is 5.91 Å². The molecular weight excluding hydrogens is 204 g/mol. The number of piperidine rings is 1. The molecular formula is C12H22N2O2. The minimum Gasteiger partial charge on any atom is -0.377 e. The molecule has 0 bridgehead atoms. The van der Waals surface area contributed by atoms with Gasteiger partial charge in [0.05, 0.1) is 12.0 Å². The quantitative estimate of drug-likeness (QED) is 0.767. The number of rotatable bonds is 3. The van der Waals surface area contributed by atoms with Crippen LogP contribution in [0.3, 0.4) is 0 Å². The van der Waals surface area contributed by atoms with Gasteiger partial charge in [-0.1, -0.05) is 0 Å². The zero-order valence-electron chi connectivity index (χ0n) is 10.1. The second-order valence-corrected chi connectivity index (χ2v) is 4.69. The second kappa shape index (κ2) is 5.64. The zero-order valence-corrected chi connectivity index (χ0v) is 10.1. The fourth-order valence-corrected chi connectivity index (χ4v) is 2.63. The number of ether oxygens (including phenoxy) is 1. The fraction of sp³-hybridized carbons (Fsp3) is 0.917. The molecule has 1 N–H and O–H groups in total. The maximum absolute atomic E-state index is 12.2. The summed E-state index contributed by atoms with van der Waals surface area (Å²) in [5.41, 5.74) is 0. The molecule has 1 amide bonds. The van der Waals surface area contributed by atoms with Gasteiger partial charge in [-0.3, -0.25) is 4.79 Å². The molecule has 0 aliphatic carbocycles. The van der Waals surface area contributed by atoms with Crippen molar-refractivity contribution in [2.45, 2.75) is 32.3 Å². The maximum atomic E-state index is 12.2. The Morgan fingerprint density at radius 1 is 1.50 bits per heavy atom. The Morgan fingerprint density at radius 2 is 2.38 bits per heavy atom. The highest BCUT2D eigenvalue weighted by molar-refractivity contribution is 5.79. The number of hydrogen-bond donors (Lipinski definition) is 1. The topological polar surface area (TPSA) is 41.6 Å². The molecule has 4 nitrogen and oxygen atoms in total. The van der Waals surface area contributed by atoms with E-state index in [0.717, 1.165) is 52.0 Å². The van der Waals surface area contributed by atoms with E-state index in [1.165, 1.54) is 0 Å². The number of nitrogens with one attached hydrogen (secondary N) is 1. The molecule has 0 radical (unpaired) electrons. The smallest absolute Gasteiger partial charge is 0.227 e. The molecule has 92 valence electrons. The highest BCUT2D eigenvalue weighted by atomic mass is 16.5. The van der Waals surface area contributed by atoms with Gasteiger partial charge in [-0.15, -0.1) is 0 Å². The molecule has 2 rings (SSSR count). The van der Waals surface area contributed by atoms with Crippen LogP contribution >= 0.6 is 0 Å². The van der Waals surface area contributed by atoms with Crippen molar-refractivity contribution in [2.24, 2.45) is 5.92 Å². The molecule has 2 heterocycles. The van der Waals surface area contributed by atoms with Crippen molar-refractivity contribution in [2.75, 3.05) is 32.8 Å². The normalized spacial score (nSPS) is 30.7. The van der Waals surface area contributed by atoms with Crippen molar-refractivity contribution in [3.63, 3.8) is 0 Å². The van der Waals surface area contributed by atoms with Crippen molar-refractivity contribution in [1.29, 1.82) is 0 Å². The summed E-state index contributed by atoms with van der Waals surface area (Å²) in [6, 6.07) is 0. The van der Waals surface area contributed by atoms with E-state index in [9.17, 15) is 4.79 Å². The van der Waals surface area contributed by atoms with Crippen molar-refractivity contribution in [3.05, 3.63) is 0 Å².